The molecule has 1 aliphatic rings. The van der Waals surface area contributed by atoms with E-state index in [9.17, 15) is 9.59 Å². The maximum absolute atomic E-state index is 12.7. The molecule has 28 heavy (non-hydrogen) atoms. The number of benzene rings is 3. The first-order valence-electron chi connectivity index (χ1n) is 8.94. The minimum atomic E-state index is -0.451. The summed E-state index contributed by atoms with van der Waals surface area (Å²) in [5, 5.41) is 0. The van der Waals surface area contributed by atoms with Crippen molar-refractivity contribution in [2.24, 2.45) is 0 Å². The summed E-state index contributed by atoms with van der Waals surface area (Å²) in [6, 6.07) is 20.0. The van der Waals surface area contributed by atoms with Crippen molar-refractivity contribution in [3.8, 4) is 11.5 Å². The number of hydrogen-bond donors (Lipinski definition) is 0. The number of Topliss-reactive ketones (excluding diaryl/α,β-unsaturated/α-hetero) is 1. The molecule has 0 radical (unpaired) electrons. The molecule has 1 aliphatic heterocycles. The smallest absolute Gasteiger partial charge is 0.343 e. The van der Waals surface area contributed by atoms with Gasteiger partial charge in [-0.05, 0) is 49.2 Å². The number of aryl methyl sites for hydroxylation is 2. The summed E-state index contributed by atoms with van der Waals surface area (Å²) in [5.41, 5.74) is 3.52. The Hall–Kier alpha value is -3.66. The molecule has 0 aromatic heterocycles. The standard InChI is InChI=1S/C24H18O4/c1-15-7-6-10-18(11-15)24(26)27-19-12-16(2)22-20(14-19)28-21(23(22)25)13-17-8-4-3-5-9-17/h3-14H,1-2H3/b21-13-. The topological polar surface area (TPSA) is 52.6 Å². The van der Waals surface area contributed by atoms with E-state index < -0.39 is 5.97 Å². The van der Waals surface area contributed by atoms with Crippen molar-refractivity contribution in [2.45, 2.75) is 13.8 Å². The SMILES string of the molecule is Cc1cccc(C(=O)Oc2cc(C)c3c(c2)O/C(=C\c2ccccc2)C3=O)c1. The Bertz CT molecular complexity index is 1110. The Morgan fingerprint density at radius 1 is 0.964 bits per heavy atom. The lowest BCUT2D eigenvalue weighted by atomic mass is 10.0. The summed E-state index contributed by atoms with van der Waals surface area (Å²) in [6.45, 7) is 3.71. The number of hydrogen-bond acceptors (Lipinski definition) is 4. The third-order valence-corrected chi connectivity index (χ3v) is 4.51. The molecule has 4 rings (SSSR count). The zero-order valence-corrected chi connectivity index (χ0v) is 15.6. The van der Waals surface area contributed by atoms with E-state index in [1.165, 1.54) is 0 Å². The van der Waals surface area contributed by atoms with Gasteiger partial charge in [0, 0.05) is 6.07 Å². The van der Waals surface area contributed by atoms with Crippen LogP contribution in [0.3, 0.4) is 0 Å². The average Bonchev–Trinajstić information content (AvgIpc) is 2.98. The van der Waals surface area contributed by atoms with Crippen LogP contribution in [0, 0.1) is 13.8 Å². The normalized spacial score (nSPS) is 13.9. The number of carbonyl (C=O) groups is 2. The van der Waals surface area contributed by atoms with Gasteiger partial charge in [0.1, 0.15) is 11.5 Å². The number of ketones is 1. The van der Waals surface area contributed by atoms with Crippen molar-refractivity contribution in [1.29, 1.82) is 0 Å². The van der Waals surface area contributed by atoms with Crippen molar-refractivity contribution >= 4 is 17.8 Å². The lowest BCUT2D eigenvalue weighted by Crippen LogP contribution is -2.09. The van der Waals surface area contributed by atoms with E-state index in [1.54, 1.807) is 37.3 Å². The minimum Gasteiger partial charge on any atom is -0.452 e. The number of ether oxygens (including phenoxy) is 2. The molecule has 0 saturated carbocycles. The minimum absolute atomic E-state index is 0.173. The molecule has 0 saturated heterocycles. The molecule has 4 heteroatoms. The first-order valence-corrected chi connectivity index (χ1v) is 8.94. The van der Waals surface area contributed by atoms with Gasteiger partial charge in [0.2, 0.25) is 5.78 Å². The van der Waals surface area contributed by atoms with Crippen LogP contribution >= 0.6 is 0 Å². The second-order valence-electron chi connectivity index (χ2n) is 6.72. The van der Waals surface area contributed by atoms with Gasteiger partial charge in [0.15, 0.2) is 5.76 Å². The van der Waals surface area contributed by atoms with Crippen molar-refractivity contribution in [1.82, 2.24) is 0 Å². The summed E-state index contributed by atoms with van der Waals surface area (Å²) in [7, 11) is 0. The molecule has 0 fully saturated rings. The maximum atomic E-state index is 12.7. The highest BCUT2D eigenvalue weighted by atomic mass is 16.5. The molecule has 0 bridgehead atoms. The largest absolute Gasteiger partial charge is 0.452 e. The van der Waals surface area contributed by atoms with Crippen molar-refractivity contribution in [2.75, 3.05) is 0 Å². The van der Waals surface area contributed by atoms with E-state index in [0.29, 0.717) is 28.2 Å². The van der Waals surface area contributed by atoms with Crippen molar-refractivity contribution < 1.29 is 19.1 Å². The van der Waals surface area contributed by atoms with E-state index in [-0.39, 0.29) is 11.5 Å². The average molecular weight is 370 g/mol. The van der Waals surface area contributed by atoms with Gasteiger partial charge < -0.3 is 9.47 Å². The van der Waals surface area contributed by atoms with Gasteiger partial charge in [0.25, 0.3) is 0 Å². The zero-order chi connectivity index (χ0) is 19.7. The van der Waals surface area contributed by atoms with Gasteiger partial charge in [-0.15, -0.1) is 0 Å². The highest BCUT2D eigenvalue weighted by Crippen LogP contribution is 2.37. The number of rotatable bonds is 3. The number of carbonyl (C=O) groups excluding carboxylic acids is 2. The number of fused-ring (bicyclic) bond motifs is 1. The van der Waals surface area contributed by atoms with Crippen molar-refractivity contribution in [3.05, 3.63) is 100 Å². The molecule has 1 heterocycles. The van der Waals surface area contributed by atoms with E-state index >= 15 is 0 Å². The Balaban J connectivity index is 1.61. The molecular weight excluding hydrogens is 352 g/mol. The first-order chi connectivity index (χ1) is 13.5. The molecule has 3 aromatic rings. The Morgan fingerprint density at radius 2 is 1.75 bits per heavy atom. The second-order valence-corrected chi connectivity index (χ2v) is 6.72. The summed E-state index contributed by atoms with van der Waals surface area (Å²) in [6.07, 6.45) is 1.71. The van der Waals surface area contributed by atoms with Gasteiger partial charge in [-0.3, -0.25) is 4.79 Å². The lowest BCUT2D eigenvalue weighted by molar-refractivity contribution is 0.0734. The van der Waals surface area contributed by atoms with E-state index in [0.717, 1.165) is 11.1 Å². The molecule has 0 atom stereocenters. The summed E-state index contributed by atoms with van der Waals surface area (Å²) in [4.78, 5) is 25.1. The molecule has 0 spiro atoms. The predicted octanol–water partition coefficient (Wildman–Crippen LogP) is 5.14. The quantitative estimate of drug-likeness (QED) is 0.364. The number of allylic oxidation sites excluding steroid dienone is 1. The van der Waals surface area contributed by atoms with Crippen LogP contribution in [0.4, 0.5) is 0 Å². The fourth-order valence-corrected chi connectivity index (χ4v) is 3.17. The van der Waals surface area contributed by atoms with Crippen molar-refractivity contribution in [3.63, 3.8) is 0 Å². The zero-order valence-electron chi connectivity index (χ0n) is 15.6. The third kappa shape index (κ3) is 3.45. The fraction of sp³-hybridized carbons (Fsp3) is 0.0833. The summed E-state index contributed by atoms with van der Waals surface area (Å²) < 4.78 is 11.3. The number of esters is 1. The lowest BCUT2D eigenvalue weighted by Gasteiger charge is -2.08. The maximum Gasteiger partial charge on any atom is 0.343 e. The molecule has 138 valence electrons. The molecule has 4 nitrogen and oxygen atoms in total. The molecule has 3 aromatic carbocycles. The van der Waals surface area contributed by atoms with Crippen LogP contribution in [0.2, 0.25) is 0 Å². The van der Waals surface area contributed by atoms with Crippen LogP contribution in [0.25, 0.3) is 6.08 Å². The highest BCUT2D eigenvalue weighted by Gasteiger charge is 2.30. The summed E-state index contributed by atoms with van der Waals surface area (Å²) in [5.74, 6) is 0.377. The fourth-order valence-electron chi connectivity index (χ4n) is 3.17. The first kappa shape index (κ1) is 17.7. The molecular formula is C24H18O4. The van der Waals surface area contributed by atoms with Crippen LogP contribution in [0.5, 0.6) is 11.5 Å². The van der Waals surface area contributed by atoms with Crippen LogP contribution in [0.15, 0.2) is 72.5 Å². The van der Waals surface area contributed by atoms with Gasteiger partial charge in [-0.1, -0.05) is 48.0 Å². The Kier molecular flexibility index (Phi) is 4.53. The van der Waals surface area contributed by atoms with Crippen LogP contribution in [-0.2, 0) is 0 Å². The monoisotopic (exact) mass is 370 g/mol. The van der Waals surface area contributed by atoms with Gasteiger partial charge in [-0.25, -0.2) is 4.79 Å². The molecule has 0 N–H and O–H groups in total. The Labute approximate surface area is 163 Å². The second kappa shape index (κ2) is 7.16. The summed E-state index contributed by atoms with van der Waals surface area (Å²) >= 11 is 0. The van der Waals surface area contributed by atoms with Crippen LogP contribution < -0.4 is 9.47 Å². The Morgan fingerprint density at radius 3 is 2.50 bits per heavy atom. The van der Waals surface area contributed by atoms with E-state index in [2.05, 4.69) is 0 Å². The van der Waals surface area contributed by atoms with E-state index in [4.69, 9.17) is 9.47 Å². The predicted molar refractivity (Wildman–Crippen MR) is 107 cm³/mol. The van der Waals surface area contributed by atoms with Crippen LogP contribution in [0.1, 0.15) is 37.4 Å². The van der Waals surface area contributed by atoms with Gasteiger partial charge in [0.05, 0.1) is 11.1 Å². The van der Waals surface area contributed by atoms with Gasteiger partial charge in [-0.2, -0.15) is 0 Å². The molecule has 0 amide bonds. The third-order valence-electron chi connectivity index (χ3n) is 4.51. The highest BCUT2D eigenvalue weighted by molar-refractivity contribution is 6.15. The van der Waals surface area contributed by atoms with Crippen LogP contribution in [-0.4, -0.2) is 11.8 Å². The van der Waals surface area contributed by atoms with E-state index in [1.807, 2.05) is 49.4 Å². The van der Waals surface area contributed by atoms with Gasteiger partial charge >= 0.3 is 5.97 Å². The molecule has 0 aliphatic carbocycles. The molecule has 0 unspecified atom stereocenters.